The van der Waals surface area contributed by atoms with Gasteiger partial charge < -0.3 is 5.32 Å². The predicted octanol–water partition coefficient (Wildman–Crippen LogP) is 2.56. The monoisotopic (exact) mass is 258 g/mol. The molecule has 0 saturated heterocycles. The maximum absolute atomic E-state index is 11.8. The Morgan fingerprint density at radius 2 is 2.05 bits per heavy atom. The van der Waals surface area contributed by atoms with Crippen molar-refractivity contribution in [2.24, 2.45) is 0 Å². The Balaban J connectivity index is 2.05. The topological polar surface area (TPSA) is 86.9 Å². The number of H-pyrrole nitrogens is 1. The molecule has 0 spiro atoms. The summed E-state index contributed by atoms with van der Waals surface area (Å²) in [6.45, 7) is 3.31. The standard InChI is InChI=1S/C13H14N4O2/c1-8-7-14-17-12(8)16-13(19)15-11-5-3-4-10(6-11)9(2)18/h3-7H,1-2H3,(H3,14,15,16,17,19). The quantitative estimate of drug-likeness (QED) is 0.739. The molecule has 2 amide bonds. The molecule has 0 atom stereocenters. The van der Waals surface area contributed by atoms with E-state index in [1.165, 1.54) is 6.92 Å². The maximum atomic E-state index is 11.8. The zero-order chi connectivity index (χ0) is 13.8. The number of carbonyl (C=O) groups is 2. The van der Waals surface area contributed by atoms with Gasteiger partial charge in [-0.2, -0.15) is 5.10 Å². The Bertz CT molecular complexity index is 619. The van der Waals surface area contributed by atoms with Crippen LogP contribution < -0.4 is 10.6 Å². The average molecular weight is 258 g/mol. The van der Waals surface area contributed by atoms with E-state index >= 15 is 0 Å². The molecule has 2 rings (SSSR count). The van der Waals surface area contributed by atoms with Gasteiger partial charge in [-0.1, -0.05) is 12.1 Å². The van der Waals surface area contributed by atoms with Crippen LogP contribution in [0.15, 0.2) is 30.5 Å². The first kappa shape index (κ1) is 12.8. The van der Waals surface area contributed by atoms with Gasteiger partial charge in [-0.25, -0.2) is 4.79 Å². The minimum absolute atomic E-state index is 0.0477. The number of urea groups is 1. The second-order valence-electron chi connectivity index (χ2n) is 4.14. The number of nitrogens with zero attached hydrogens (tertiary/aromatic N) is 1. The second kappa shape index (κ2) is 5.34. The van der Waals surface area contributed by atoms with Crippen molar-refractivity contribution in [3.05, 3.63) is 41.6 Å². The smallest absolute Gasteiger partial charge is 0.308 e. The summed E-state index contributed by atoms with van der Waals surface area (Å²) < 4.78 is 0. The lowest BCUT2D eigenvalue weighted by Gasteiger charge is -2.07. The van der Waals surface area contributed by atoms with Gasteiger partial charge in [0.25, 0.3) is 0 Å². The largest absolute Gasteiger partial charge is 0.324 e. The number of aromatic nitrogens is 2. The van der Waals surface area contributed by atoms with Crippen LogP contribution in [-0.4, -0.2) is 22.0 Å². The number of hydrogen-bond acceptors (Lipinski definition) is 3. The fraction of sp³-hybridized carbons (Fsp3) is 0.154. The minimum Gasteiger partial charge on any atom is -0.308 e. The number of anilines is 2. The highest BCUT2D eigenvalue weighted by molar-refractivity contribution is 6.01. The van der Waals surface area contributed by atoms with Gasteiger partial charge in [-0.3, -0.25) is 15.2 Å². The fourth-order valence-electron chi connectivity index (χ4n) is 1.56. The molecule has 98 valence electrons. The predicted molar refractivity (Wildman–Crippen MR) is 72.4 cm³/mol. The van der Waals surface area contributed by atoms with E-state index in [1.54, 1.807) is 30.5 Å². The number of hydrogen-bond donors (Lipinski definition) is 3. The molecule has 19 heavy (non-hydrogen) atoms. The molecule has 1 aromatic carbocycles. The van der Waals surface area contributed by atoms with Gasteiger partial charge in [0.15, 0.2) is 5.78 Å². The van der Waals surface area contributed by atoms with Crippen LogP contribution in [0.25, 0.3) is 0 Å². The van der Waals surface area contributed by atoms with Crippen molar-refractivity contribution in [3.63, 3.8) is 0 Å². The first-order valence-corrected chi connectivity index (χ1v) is 5.75. The Labute approximate surface area is 110 Å². The lowest BCUT2D eigenvalue weighted by Crippen LogP contribution is -2.20. The summed E-state index contributed by atoms with van der Waals surface area (Å²) in [6, 6.07) is 6.36. The molecule has 0 aliphatic carbocycles. The summed E-state index contributed by atoms with van der Waals surface area (Å²) in [6.07, 6.45) is 1.62. The zero-order valence-electron chi connectivity index (χ0n) is 10.7. The normalized spacial score (nSPS) is 10.0. The number of Topliss-reactive ketones (excluding diaryl/α,β-unsaturated/α-hetero) is 1. The van der Waals surface area contributed by atoms with Crippen molar-refractivity contribution in [2.75, 3.05) is 10.6 Å². The van der Waals surface area contributed by atoms with Gasteiger partial charge in [0.05, 0.1) is 6.20 Å². The third-order valence-electron chi connectivity index (χ3n) is 2.59. The number of rotatable bonds is 3. The number of benzene rings is 1. The SMILES string of the molecule is CC(=O)c1cccc(NC(=O)Nc2[nH]ncc2C)c1. The van der Waals surface area contributed by atoms with Crippen LogP contribution in [-0.2, 0) is 0 Å². The van der Waals surface area contributed by atoms with E-state index in [2.05, 4.69) is 20.8 Å². The zero-order valence-corrected chi connectivity index (χ0v) is 10.7. The van der Waals surface area contributed by atoms with E-state index in [-0.39, 0.29) is 5.78 Å². The van der Waals surface area contributed by atoms with Gasteiger partial charge in [0.2, 0.25) is 0 Å². The van der Waals surface area contributed by atoms with Gasteiger partial charge >= 0.3 is 6.03 Å². The highest BCUT2D eigenvalue weighted by Crippen LogP contribution is 2.13. The highest BCUT2D eigenvalue weighted by atomic mass is 16.2. The van der Waals surface area contributed by atoms with Crippen molar-refractivity contribution >= 4 is 23.3 Å². The Morgan fingerprint density at radius 1 is 1.26 bits per heavy atom. The minimum atomic E-state index is -0.395. The van der Waals surface area contributed by atoms with Crippen molar-refractivity contribution in [1.82, 2.24) is 10.2 Å². The lowest BCUT2D eigenvalue weighted by molar-refractivity contribution is 0.101. The van der Waals surface area contributed by atoms with Crippen LogP contribution in [0.1, 0.15) is 22.8 Å². The molecule has 1 aromatic heterocycles. The second-order valence-corrected chi connectivity index (χ2v) is 4.14. The van der Waals surface area contributed by atoms with Crippen LogP contribution >= 0.6 is 0 Å². The van der Waals surface area contributed by atoms with E-state index in [9.17, 15) is 9.59 Å². The molecule has 0 unspecified atom stereocenters. The van der Waals surface area contributed by atoms with Crippen LogP contribution in [0, 0.1) is 6.92 Å². The third-order valence-corrected chi connectivity index (χ3v) is 2.59. The fourth-order valence-corrected chi connectivity index (χ4v) is 1.56. The van der Waals surface area contributed by atoms with Crippen molar-refractivity contribution in [3.8, 4) is 0 Å². The first-order chi connectivity index (χ1) is 9.06. The molecule has 0 aliphatic heterocycles. The van der Waals surface area contributed by atoms with E-state index in [4.69, 9.17) is 0 Å². The molecule has 3 N–H and O–H groups in total. The van der Waals surface area contributed by atoms with Crippen molar-refractivity contribution in [1.29, 1.82) is 0 Å². The molecule has 1 heterocycles. The van der Waals surface area contributed by atoms with Crippen LogP contribution in [0.3, 0.4) is 0 Å². The summed E-state index contributed by atoms with van der Waals surface area (Å²) in [7, 11) is 0. The third kappa shape index (κ3) is 3.19. The number of aryl methyl sites for hydroxylation is 1. The van der Waals surface area contributed by atoms with E-state index < -0.39 is 6.03 Å². The summed E-state index contributed by atoms with van der Waals surface area (Å²) in [5.41, 5.74) is 1.95. The number of aromatic amines is 1. The summed E-state index contributed by atoms with van der Waals surface area (Å²) >= 11 is 0. The van der Waals surface area contributed by atoms with Crippen molar-refractivity contribution < 1.29 is 9.59 Å². The Hall–Kier alpha value is -2.63. The number of nitrogens with one attached hydrogen (secondary N) is 3. The summed E-state index contributed by atoms with van der Waals surface area (Å²) in [5.74, 6) is 0.494. The van der Waals surface area contributed by atoms with E-state index in [0.29, 0.717) is 17.1 Å². The van der Waals surface area contributed by atoms with Crippen molar-refractivity contribution in [2.45, 2.75) is 13.8 Å². The molecule has 6 nitrogen and oxygen atoms in total. The number of amides is 2. The summed E-state index contributed by atoms with van der Waals surface area (Å²) in [4.78, 5) is 23.0. The molecular weight excluding hydrogens is 244 g/mol. The first-order valence-electron chi connectivity index (χ1n) is 5.75. The van der Waals surface area contributed by atoms with Crippen LogP contribution in [0.4, 0.5) is 16.3 Å². The van der Waals surface area contributed by atoms with E-state index in [1.807, 2.05) is 6.92 Å². The highest BCUT2D eigenvalue weighted by Gasteiger charge is 2.07. The Kier molecular flexibility index (Phi) is 3.61. The number of ketones is 1. The van der Waals surface area contributed by atoms with Crippen LogP contribution in [0.5, 0.6) is 0 Å². The molecule has 0 saturated carbocycles. The lowest BCUT2D eigenvalue weighted by atomic mass is 10.1. The van der Waals surface area contributed by atoms with Gasteiger partial charge in [0.1, 0.15) is 5.82 Å². The molecular formula is C13H14N4O2. The molecule has 2 aromatic rings. The molecule has 0 bridgehead atoms. The Morgan fingerprint density at radius 3 is 2.68 bits per heavy atom. The number of carbonyl (C=O) groups excluding carboxylic acids is 2. The molecule has 0 fully saturated rings. The molecule has 6 heteroatoms. The van der Waals surface area contributed by atoms with Gasteiger partial charge in [-0.15, -0.1) is 0 Å². The van der Waals surface area contributed by atoms with Crippen LogP contribution in [0.2, 0.25) is 0 Å². The molecule has 0 radical (unpaired) electrons. The maximum Gasteiger partial charge on any atom is 0.324 e. The van der Waals surface area contributed by atoms with Gasteiger partial charge in [0, 0.05) is 16.8 Å². The van der Waals surface area contributed by atoms with Gasteiger partial charge in [-0.05, 0) is 26.0 Å². The average Bonchev–Trinajstić information content (AvgIpc) is 2.75. The summed E-state index contributed by atoms with van der Waals surface area (Å²) in [5, 5.41) is 11.8. The molecule has 0 aliphatic rings. The van der Waals surface area contributed by atoms with E-state index in [0.717, 1.165) is 5.56 Å².